The Morgan fingerprint density at radius 1 is 0.946 bits per heavy atom. The molecular weight excluding hydrogens is 462 g/mol. The van der Waals surface area contributed by atoms with Gasteiger partial charge in [-0.25, -0.2) is 9.78 Å². The van der Waals surface area contributed by atoms with Crippen LogP contribution in [0.15, 0.2) is 84.9 Å². The van der Waals surface area contributed by atoms with Gasteiger partial charge in [-0.3, -0.25) is 9.69 Å². The number of ether oxygens (including phenoxy) is 1. The van der Waals surface area contributed by atoms with Crippen LogP contribution in [0.2, 0.25) is 0 Å². The molecule has 1 aliphatic heterocycles. The Balaban J connectivity index is 1.20. The number of carbonyl (C=O) groups excluding carboxylic acids is 2. The van der Waals surface area contributed by atoms with Crippen molar-refractivity contribution in [1.29, 1.82) is 0 Å². The van der Waals surface area contributed by atoms with Crippen molar-refractivity contribution in [3.05, 3.63) is 102 Å². The Labute approximate surface area is 217 Å². The lowest BCUT2D eigenvalue weighted by molar-refractivity contribution is -0.125. The zero-order valence-corrected chi connectivity index (χ0v) is 21.0. The predicted octanol–water partition coefficient (Wildman–Crippen LogP) is 5.15. The third-order valence-corrected chi connectivity index (χ3v) is 6.79. The summed E-state index contributed by atoms with van der Waals surface area (Å²) in [7, 11) is 0. The topological polar surface area (TPSA) is 71.5 Å². The number of aromatic nitrogens is 1. The molecule has 188 valence electrons. The van der Waals surface area contributed by atoms with Crippen molar-refractivity contribution >= 4 is 22.8 Å². The van der Waals surface area contributed by atoms with E-state index < -0.39 is 5.97 Å². The van der Waals surface area contributed by atoms with Gasteiger partial charge < -0.3 is 10.1 Å². The third-order valence-electron chi connectivity index (χ3n) is 6.79. The van der Waals surface area contributed by atoms with Crippen molar-refractivity contribution in [2.75, 3.05) is 19.7 Å². The SMILES string of the molecule is Cc1ccc2nc(-c3ccccc3)cc(C(=O)OCC(=O)NC3CCN(Cc4ccccc4)CC3)c2c1. The number of carbonyl (C=O) groups is 2. The number of piperidine rings is 1. The van der Waals surface area contributed by atoms with Crippen molar-refractivity contribution in [2.45, 2.75) is 32.4 Å². The minimum atomic E-state index is -0.525. The molecule has 5 rings (SSSR count). The summed E-state index contributed by atoms with van der Waals surface area (Å²) < 4.78 is 5.48. The van der Waals surface area contributed by atoms with Crippen LogP contribution in [-0.4, -0.2) is 47.5 Å². The molecule has 6 heteroatoms. The van der Waals surface area contributed by atoms with E-state index in [9.17, 15) is 9.59 Å². The lowest BCUT2D eigenvalue weighted by Gasteiger charge is -2.32. The predicted molar refractivity (Wildman–Crippen MR) is 145 cm³/mol. The van der Waals surface area contributed by atoms with Crippen molar-refractivity contribution in [3.63, 3.8) is 0 Å². The highest BCUT2D eigenvalue weighted by molar-refractivity contribution is 6.05. The highest BCUT2D eigenvalue weighted by Gasteiger charge is 2.22. The molecule has 1 amide bonds. The first-order chi connectivity index (χ1) is 18.0. The molecule has 37 heavy (non-hydrogen) atoms. The van der Waals surface area contributed by atoms with Crippen LogP contribution in [0.1, 0.15) is 34.3 Å². The third kappa shape index (κ3) is 6.22. The fourth-order valence-electron chi connectivity index (χ4n) is 4.82. The number of fused-ring (bicyclic) bond motifs is 1. The van der Waals surface area contributed by atoms with Crippen LogP contribution in [0, 0.1) is 6.92 Å². The van der Waals surface area contributed by atoms with Gasteiger partial charge in [0.1, 0.15) is 0 Å². The molecule has 0 radical (unpaired) electrons. The Morgan fingerprint density at radius 3 is 2.38 bits per heavy atom. The highest BCUT2D eigenvalue weighted by Crippen LogP contribution is 2.26. The van der Waals surface area contributed by atoms with Crippen molar-refractivity contribution < 1.29 is 14.3 Å². The minimum absolute atomic E-state index is 0.0901. The van der Waals surface area contributed by atoms with Crippen LogP contribution >= 0.6 is 0 Å². The van der Waals surface area contributed by atoms with Crippen LogP contribution in [0.25, 0.3) is 22.2 Å². The average Bonchev–Trinajstić information content (AvgIpc) is 2.93. The number of pyridine rings is 1. The second kappa shape index (κ2) is 11.4. The first-order valence-electron chi connectivity index (χ1n) is 12.7. The number of nitrogens with one attached hydrogen (secondary N) is 1. The Bertz CT molecular complexity index is 1380. The Kier molecular flexibility index (Phi) is 7.57. The molecule has 1 aliphatic rings. The summed E-state index contributed by atoms with van der Waals surface area (Å²) in [5.74, 6) is -0.796. The van der Waals surface area contributed by atoms with Gasteiger partial charge in [-0.1, -0.05) is 72.3 Å². The number of likely N-dealkylation sites (tertiary alicyclic amines) is 1. The zero-order valence-electron chi connectivity index (χ0n) is 21.0. The molecule has 0 spiro atoms. The summed E-state index contributed by atoms with van der Waals surface area (Å²) in [4.78, 5) is 32.9. The number of hydrogen-bond acceptors (Lipinski definition) is 5. The molecule has 1 fully saturated rings. The number of benzene rings is 3. The van der Waals surface area contributed by atoms with Gasteiger partial charge in [0.2, 0.25) is 0 Å². The number of hydrogen-bond donors (Lipinski definition) is 1. The molecule has 0 atom stereocenters. The second-order valence-corrected chi connectivity index (χ2v) is 9.62. The average molecular weight is 494 g/mol. The van der Waals surface area contributed by atoms with Crippen LogP contribution in [-0.2, 0) is 16.1 Å². The van der Waals surface area contributed by atoms with Gasteiger partial charge in [-0.15, -0.1) is 0 Å². The number of rotatable bonds is 7. The van der Waals surface area contributed by atoms with E-state index in [1.165, 1.54) is 5.56 Å². The maximum atomic E-state index is 13.1. The van der Waals surface area contributed by atoms with Crippen molar-refractivity contribution in [2.24, 2.45) is 0 Å². The summed E-state index contributed by atoms with van der Waals surface area (Å²) in [5, 5.41) is 3.76. The molecule has 0 aliphatic carbocycles. The second-order valence-electron chi connectivity index (χ2n) is 9.62. The Hall–Kier alpha value is -4.03. The molecule has 0 saturated carbocycles. The van der Waals surface area contributed by atoms with E-state index in [2.05, 4.69) is 34.5 Å². The normalized spacial score (nSPS) is 14.4. The van der Waals surface area contributed by atoms with Crippen LogP contribution in [0.4, 0.5) is 0 Å². The molecule has 2 heterocycles. The molecule has 4 aromatic rings. The number of esters is 1. The first-order valence-corrected chi connectivity index (χ1v) is 12.7. The van der Waals surface area contributed by atoms with Gasteiger partial charge in [-0.2, -0.15) is 0 Å². The monoisotopic (exact) mass is 493 g/mol. The van der Waals surface area contributed by atoms with Gasteiger partial charge in [0, 0.05) is 36.6 Å². The molecule has 1 N–H and O–H groups in total. The van der Waals surface area contributed by atoms with Crippen molar-refractivity contribution in [3.8, 4) is 11.3 Å². The summed E-state index contributed by atoms with van der Waals surface area (Å²) in [6.07, 6.45) is 1.75. The maximum Gasteiger partial charge on any atom is 0.339 e. The minimum Gasteiger partial charge on any atom is -0.452 e. The summed E-state index contributed by atoms with van der Waals surface area (Å²) in [5.41, 5.74) is 5.05. The smallest absolute Gasteiger partial charge is 0.339 e. The largest absolute Gasteiger partial charge is 0.452 e. The fraction of sp³-hybridized carbons (Fsp3) is 0.258. The number of aryl methyl sites for hydroxylation is 1. The lowest BCUT2D eigenvalue weighted by atomic mass is 10.0. The fourth-order valence-corrected chi connectivity index (χ4v) is 4.82. The molecule has 0 unspecified atom stereocenters. The van der Waals surface area contributed by atoms with E-state index in [1.54, 1.807) is 6.07 Å². The molecule has 1 aromatic heterocycles. The quantitative estimate of drug-likeness (QED) is 0.361. The number of amides is 1. The van der Waals surface area contributed by atoms with E-state index in [0.29, 0.717) is 16.8 Å². The van der Waals surface area contributed by atoms with Gasteiger partial charge >= 0.3 is 5.97 Å². The van der Waals surface area contributed by atoms with Gasteiger partial charge in [0.15, 0.2) is 6.61 Å². The zero-order chi connectivity index (χ0) is 25.6. The lowest BCUT2D eigenvalue weighted by Crippen LogP contribution is -2.45. The van der Waals surface area contributed by atoms with E-state index in [0.717, 1.165) is 49.0 Å². The number of nitrogens with zero attached hydrogens (tertiary/aromatic N) is 2. The first kappa shape index (κ1) is 24.7. The standard InChI is InChI=1S/C31H31N3O3/c1-22-12-13-28-26(18-22)27(19-29(33-28)24-10-6-3-7-11-24)31(36)37-21-30(35)32-25-14-16-34(17-15-25)20-23-8-4-2-5-9-23/h2-13,18-19,25H,14-17,20-21H2,1H3,(H,32,35). The van der Waals surface area contributed by atoms with Crippen LogP contribution < -0.4 is 5.32 Å². The molecule has 6 nitrogen and oxygen atoms in total. The van der Waals surface area contributed by atoms with E-state index in [-0.39, 0.29) is 18.6 Å². The Morgan fingerprint density at radius 2 is 1.65 bits per heavy atom. The molecule has 0 bridgehead atoms. The summed E-state index contributed by atoms with van der Waals surface area (Å²) in [6.45, 7) is 4.43. The van der Waals surface area contributed by atoms with E-state index in [1.807, 2.05) is 61.5 Å². The molecule has 3 aromatic carbocycles. The maximum absolute atomic E-state index is 13.1. The van der Waals surface area contributed by atoms with Crippen LogP contribution in [0.5, 0.6) is 0 Å². The van der Waals surface area contributed by atoms with E-state index in [4.69, 9.17) is 9.72 Å². The van der Waals surface area contributed by atoms with Gasteiger partial charge in [0.25, 0.3) is 5.91 Å². The summed E-state index contributed by atoms with van der Waals surface area (Å²) >= 11 is 0. The van der Waals surface area contributed by atoms with Crippen molar-refractivity contribution in [1.82, 2.24) is 15.2 Å². The summed E-state index contributed by atoms with van der Waals surface area (Å²) in [6, 6.07) is 27.8. The van der Waals surface area contributed by atoms with Crippen LogP contribution in [0.3, 0.4) is 0 Å². The van der Waals surface area contributed by atoms with Gasteiger partial charge in [-0.05, 0) is 43.5 Å². The highest BCUT2D eigenvalue weighted by atomic mass is 16.5. The molecule has 1 saturated heterocycles. The molecular formula is C31H31N3O3. The van der Waals surface area contributed by atoms with E-state index >= 15 is 0 Å². The van der Waals surface area contributed by atoms with Gasteiger partial charge in [0.05, 0.1) is 16.8 Å².